The van der Waals surface area contributed by atoms with Gasteiger partial charge in [0.25, 0.3) is 0 Å². The standard InChI is InChI=1S/C46H82NO8P/c1-6-8-10-12-14-16-18-20-22-23-25-26-28-30-32-34-36-38-45(48)52-42-44(43-54-56(50,51)53-41-40-47(3,4)5)55-46(49)39-37-35-33-31-29-27-24-21-19-17-15-13-11-9-7-2/h7,10,12,16,18,22-23,26,28,44H,2,6,8-9,11,13-15,17,19-21,24-25,27,29-43H2,1,3-5H3/p+1/b12-10+,18-16+,23-22+,28-26+/t44-/m1/s1. The van der Waals surface area contributed by atoms with Crippen molar-refractivity contribution in [3.05, 3.63) is 61.3 Å². The van der Waals surface area contributed by atoms with Crippen molar-refractivity contribution in [2.45, 2.75) is 174 Å². The monoisotopic (exact) mass is 809 g/mol. The van der Waals surface area contributed by atoms with Crippen LogP contribution in [-0.2, 0) is 32.7 Å². The predicted molar refractivity (Wildman–Crippen MR) is 233 cm³/mol. The maximum Gasteiger partial charge on any atom is 0.472 e. The highest BCUT2D eigenvalue weighted by molar-refractivity contribution is 7.47. The zero-order valence-corrected chi connectivity index (χ0v) is 37.1. The summed E-state index contributed by atoms with van der Waals surface area (Å²) in [4.78, 5) is 35.4. The Morgan fingerprint density at radius 3 is 1.57 bits per heavy atom. The molecule has 1 N–H and O–H groups in total. The van der Waals surface area contributed by atoms with E-state index in [1.807, 2.05) is 27.2 Å². The van der Waals surface area contributed by atoms with E-state index in [2.05, 4.69) is 62.1 Å². The second-order valence-corrected chi connectivity index (χ2v) is 17.3. The number of likely N-dealkylation sites (N-methyl/N-ethyl adjacent to an activating group) is 1. The highest BCUT2D eigenvalue weighted by atomic mass is 31.2. The van der Waals surface area contributed by atoms with E-state index >= 15 is 0 Å². The fourth-order valence-electron chi connectivity index (χ4n) is 5.69. The summed E-state index contributed by atoms with van der Waals surface area (Å²) in [5.74, 6) is -0.840. The van der Waals surface area contributed by atoms with Crippen molar-refractivity contribution in [3.63, 3.8) is 0 Å². The number of phosphoric ester groups is 1. The van der Waals surface area contributed by atoms with Gasteiger partial charge in [0.1, 0.15) is 19.8 Å². The van der Waals surface area contributed by atoms with Gasteiger partial charge < -0.3 is 18.9 Å². The van der Waals surface area contributed by atoms with Crippen LogP contribution in [0.25, 0.3) is 0 Å². The summed E-state index contributed by atoms with van der Waals surface area (Å²) >= 11 is 0. The Morgan fingerprint density at radius 1 is 0.607 bits per heavy atom. The Labute approximate surface area is 343 Å². The van der Waals surface area contributed by atoms with E-state index < -0.39 is 32.5 Å². The molecule has 0 aromatic heterocycles. The topological polar surface area (TPSA) is 108 Å². The van der Waals surface area contributed by atoms with Crippen molar-refractivity contribution in [2.24, 2.45) is 0 Å². The number of hydrogen-bond donors (Lipinski definition) is 1. The number of rotatable bonds is 40. The molecule has 0 spiro atoms. The average molecular weight is 809 g/mol. The van der Waals surface area contributed by atoms with Crippen LogP contribution in [0.3, 0.4) is 0 Å². The van der Waals surface area contributed by atoms with Crippen LogP contribution >= 0.6 is 7.82 Å². The number of esters is 2. The quantitative estimate of drug-likeness (QED) is 0.0214. The number of carbonyl (C=O) groups is 2. The SMILES string of the molecule is C=CCCCCCCCCCCCCCCCC(=O)O[C@H](COC(=O)CCCCC/C=C/C/C=C/C/C=C/C/C=C/CCC)COP(=O)(O)OCC[N+](C)(C)C. The van der Waals surface area contributed by atoms with Gasteiger partial charge in [-0.15, -0.1) is 6.58 Å². The molecule has 0 amide bonds. The molecule has 0 rings (SSSR count). The van der Waals surface area contributed by atoms with Gasteiger partial charge in [-0.1, -0.05) is 145 Å². The number of phosphoric acid groups is 1. The number of allylic oxidation sites excluding steroid dienone is 9. The van der Waals surface area contributed by atoms with Crippen LogP contribution in [0.4, 0.5) is 0 Å². The Kier molecular flexibility index (Phi) is 36.7. The van der Waals surface area contributed by atoms with Crippen molar-refractivity contribution in [1.29, 1.82) is 0 Å². The molecule has 0 bridgehead atoms. The van der Waals surface area contributed by atoms with Gasteiger partial charge in [0.05, 0.1) is 27.7 Å². The fraction of sp³-hybridized carbons (Fsp3) is 0.739. The molecule has 0 aromatic carbocycles. The summed E-state index contributed by atoms with van der Waals surface area (Å²) in [5.41, 5.74) is 0. The molecule has 56 heavy (non-hydrogen) atoms. The van der Waals surface area contributed by atoms with Gasteiger partial charge in [-0.3, -0.25) is 18.6 Å². The Balaban J connectivity index is 4.41. The van der Waals surface area contributed by atoms with Crippen LogP contribution in [-0.4, -0.2) is 74.9 Å². The van der Waals surface area contributed by atoms with Crippen LogP contribution in [0.2, 0.25) is 0 Å². The third-order valence-corrected chi connectivity index (χ3v) is 10.1. The molecule has 0 heterocycles. The van der Waals surface area contributed by atoms with Crippen LogP contribution in [0.15, 0.2) is 61.3 Å². The first-order valence-corrected chi connectivity index (χ1v) is 23.5. The molecule has 324 valence electrons. The molecule has 10 heteroatoms. The first kappa shape index (κ1) is 53.7. The molecule has 0 saturated carbocycles. The van der Waals surface area contributed by atoms with Crippen molar-refractivity contribution in [1.82, 2.24) is 0 Å². The molecule has 0 saturated heterocycles. The van der Waals surface area contributed by atoms with E-state index in [1.165, 1.54) is 64.2 Å². The molecule has 1 unspecified atom stereocenters. The fourth-order valence-corrected chi connectivity index (χ4v) is 6.43. The lowest BCUT2D eigenvalue weighted by atomic mass is 10.0. The van der Waals surface area contributed by atoms with Gasteiger partial charge in [0, 0.05) is 12.8 Å². The number of ether oxygens (including phenoxy) is 2. The van der Waals surface area contributed by atoms with E-state index in [0.717, 1.165) is 70.6 Å². The van der Waals surface area contributed by atoms with Crippen molar-refractivity contribution < 1.29 is 42.1 Å². The number of nitrogens with zero attached hydrogens (tertiary/aromatic N) is 1. The van der Waals surface area contributed by atoms with E-state index in [-0.39, 0.29) is 26.1 Å². The number of quaternary nitrogens is 1. The van der Waals surface area contributed by atoms with Gasteiger partial charge in [0.15, 0.2) is 6.10 Å². The maximum atomic E-state index is 12.7. The zero-order chi connectivity index (χ0) is 41.4. The minimum atomic E-state index is -4.38. The van der Waals surface area contributed by atoms with Crippen LogP contribution in [0.1, 0.15) is 167 Å². The summed E-state index contributed by atoms with van der Waals surface area (Å²) in [6.45, 7) is 5.83. The summed E-state index contributed by atoms with van der Waals surface area (Å²) in [6.07, 6.45) is 44.4. The van der Waals surface area contributed by atoms with Crippen LogP contribution < -0.4 is 0 Å². The van der Waals surface area contributed by atoms with Crippen LogP contribution in [0, 0.1) is 0 Å². The van der Waals surface area contributed by atoms with Crippen molar-refractivity contribution in [3.8, 4) is 0 Å². The maximum absolute atomic E-state index is 12.7. The molecule has 0 aliphatic rings. The lowest BCUT2D eigenvalue weighted by Gasteiger charge is -2.24. The van der Waals surface area contributed by atoms with E-state index in [0.29, 0.717) is 23.9 Å². The van der Waals surface area contributed by atoms with E-state index in [9.17, 15) is 19.0 Å². The van der Waals surface area contributed by atoms with Gasteiger partial charge in [0.2, 0.25) is 0 Å². The summed E-state index contributed by atoms with van der Waals surface area (Å²) < 4.78 is 34.3. The summed E-state index contributed by atoms with van der Waals surface area (Å²) in [7, 11) is 1.45. The minimum Gasteiger partial charge on any atom is -0.462 e. The molecule has 0 radical (unpaired) electrons. The van der Waals surface area contributed by atoms with Crippen molar-refractivity contribution in [2.75, 3.05) is 47.5 Å². The molecular formula is C46H83NO8P+. The van der Waals surface area contributed by atoms with E-state index in [4.69, 9.17) is 18.5 Å². The largest absolute Gasteiger partial charge is 0.472 e. The summed E-state index contributed by atoms with van der Waals surface area (Å²) in [5, 5.41) is 0. The highest BCUT2D eigenvalue weighted by Crippen LogP contribution is 2.43. The van der Waals surface area contributed by atoms with Crippen molar-refractivity contribution >= 4 is 19.8 Å². The smallest absolute Gasteiger partial charge is 0.462 e. The number of hydrogen-bond acceptors (Lipinski definition) is 7. The third kappa shape index (κ3) is 41.3. The van der Waals surface area contributed by atoms with Crippen LogP contribution in [0.5, 0.6) is 0 Å². The molecule has 0 aliphatic heterocycles. The van der Waals surface area contributed by atoms with Gasteiger partial charge in [-0.05, 0) is 64.2 Å². The third-order valence-electron chi connectivity index (χ3n) is 9.15. The second kappa shape index (κ2) is 38.2. The van der Waals surface area contributed by atoms with Gasteiger partial charge >= 0.3 is 19.8 Å². The Hall–Kier alpha value is -2.29. The second-order valence-electron chi connectivity index (χ2n) is 15.8. The predicted octanol–water partition coefficient (Wildman–Crippen LogP) is 12.5. The lowest BCUT2D eigenvalue weighted by molar-refractivity contribution is -0.870. The van der Waals surface area contributed by atoms with Gasteiger partial charge in [-0.25, -0.2) is 4.57 Å². The highest BCUT2D eigenvalue weighted by Gasteiger charge is 2.27. The normalized spacial score (nSPS) is 13.9. The minimum absolute atomic E-state index is 0.0236. The average Bonchev–Trinajstić information content (AvgIpc) is 3.15. The molecule has 9 nitrogen and oxygen atoms in total. The summed E-state index contributed by atoms with van der Waals surface area (Å²) in [6, 6.07) is 0. The number of unbranched alkanes of at least 4 members (excludes halogenated alkanes) is 17. The molecular weight excluding hydrogens is 725 g/mol. The molecule has 2 atom stereocenters. The molecule has 0 aromatic rings. The first-order valence-electron chi connectivity index (χ1n) is 22.0. The molecule has 0 aliphatic carbocycles. The Morgan fingerprint density at radius 2 is 1.05 bits per heavy atom. The Bertz CT molecular complexity index is 1130. The molecule has 0 fully saturated rings. The van der Waals surface area contributed by atoms with Gasteiger partial charge in [-0.2, -0.15) is 0 Å². The zero-order valence-electron chi connectivity index (χ0n) is 36.2. The lowest BCUT2D eigenvalue weighted by Crippen LogP contribution is -2.37. The van der Waals surface area contributed by atoms with E-state index in [1.54, 1.807) is 0 Å². The number of carbonyl (C=O) groups excluding carboxylic acids is 2. The first-order chi connectivity index (χ1) is 27.0.